The predicted molar refractivity (Wildman–Crippen MR) is 150 cm³/mol. The molecule has 0 bridgehead atoms. The summed E-state index contributed by atoms with van der Waals surface area (Å²) in [5.74, 6) is 0. The minimum Gasteiger partial charge on any atom is -0.333 e. The molecule has 0 radical (unpaired) electrons. The Labute approximate surface area is 209 Å². The number of fused-ring (bicyclic) bond motifs is 8. The molecule has 4 aliphatic rings. The van der Waals surface area contributed by atoms with E-state index in [1.54, 1.807) is 10.9 Å². The summed E-state index contributed by atoms with van der Waals surface area (Å²) in [6.45, 7) is 5.11. The van der Waals surface area contributed by atoms with Crippen LogP contribution in [0.4, 0.5) is 28.4 Å². The van der Waals surface area contributed by atoms with Crippen LogP contribution >= 0.6 is 7.92 Å². The van der Waals surface area contributed by atoms with E-state index < -0.39 is 7.92 Å². The second-order valence-electron chi connectivity index (χ2n) is 11.0. The topological polar surface area (TPSA) is 6.48 Å². The largest absolute Gasteiger partial charge is 0.333 e. The van der Waals surface area contributed by atoms with E-state index in [1.165, 1.54) is 64.7 Å². The van der Waals surface area contributed by atoms with Gasteiger partial charge in [0.15, 0.2) is 0 Å². The Morgan fingerprint density at radius 3 is 2.11 bits per heavy atom. The quantitative estimate of drug-likeness (QED) is 0.237. The van der Waals surface area contributed by atoms with Crippen molar-refractivity contribution in [2.75, 3.05) is 9.80 Å². The molecule has 4 aromatic rings. The van der Waals surface area contributed by atoms with Gasteiger partial charge in [0.25, 0.3) is 0 Å². The minimum absolute atomic E-state index is 0.106. The van der Waals surface area contributed by atoms with Crippen molar-refractivity contribution in [3.63, 3.8) is 0 Å². The fourth-order valence-electron chi connectivity index (χ4n) is 7.59. The zero-order valence-electron chi connectivity index (χ0n) is 20.3. The first-order valence-corrected chi connectivity index (χ1v) is 14.3. The van der Waals surface area contributed by atoms with Gasteiger partial charge in [-0.15, -0.1) is 0 Å². The fourth-order valence-corrected chi connectivity index (χ4v) is 10.4. The van der Waals surface area contributed by atoms with Crippen LogP contribution in [0.15, 0.2) is 91.0 Å². The maximum atomic E-state index is 2.80. The van der Waals surface area contributed by atoms with Gasteiger partial charge in [0.2, 0.25) is 0 Å². The smallest absolute Gasteiger partial charge is 0.0566 e. The van der Waals surface area contributed by atoms with Crippen LogP contribution in [0.5, 0.6) is 0 Å². The number of nitrogens with zero attached hydrogens (tertiary/aromatic N) is 2. The minimum atomic E-state index is -0.627. The van der Waals surface area contributed by atoms with Crippen molar-refractivity contribution in [2.24, 2.45) is 0 Å². The maximum Gasteiger partial charge on any atom is 0.0566 e. The molecule has 0 amide bonds. The average molecular weight is 473 g/mol. The average Bonchev–Trinajstić information content (AvgIpc) is 3.12. The molecule has 0 N–H and O–H groups in total. The van der Waals surface area contributed by atoms with Crippen LogP contribution in [0.1, 0.15) is 45.1 Å². The molecule has 3 heterocycles. The SMILES string of the molecule is CC12CCCCC1(C)N1c3ccccc3P3c4ccccc4N(c4ccccc4)c4ccc2c1c43. The Balaban J connectivity index is 1.52. The van der Waals surface area contributed by atoms with Crippen molar-refractivity contribution in [2.45, 2.75) is 50.5 Å². The van der Waals surface area contributed by atoms with Crippen LogP contribution in [-0.4, -0.2) is 5.54 Å². The lowest BCUT2D eigenvalue weighted by molar-refractivity contribution is 0.195. The Hall–Kier alpha value is -3.09. The summed E-state index contributed by atoms with van der Waals surface area (Å²) in [6, 6.07) is 34.3. The molecule has 0 spiro atoms. The molecule has 4 aromatic carbocycles. The number of rotatable bonds is 1. The third kappa shape index (κ3) is 2.30. The van der Waals surface area contributed by atoms with Crippen LogP contribution in [0.2, 0.25) is 0 Å². The fraction of sp³-hybridized carbons (Fsp3) is 0.250. The third-order valence-electron chi connectivity index (χ3n) is 9.43. The van der Waals surface area contributed by atoms with Crippen LogP contribution in [0, 0.1) is 0 Å². The highest BCUT2D eigenvalue weighted by atomic mass is 31.1. The second kappa shape index (κ2) is 6.77. The van der Waals surface area contributed by atoms with E-state index in [0.717, 1.165) is 0 Å². The van der Waals surface area contributed by atoms with E-state index in [1.807, 2.05) is 0 Å². The Kier molecular flexibility index (Phi) is 3.90. The van der Waals surface area contributed by atoms with Gasteiger partial charge in [0, 0.05) is 27.0 Å². The second-order valence-corrected chi connectivity index (χ2v) is 13.0. The molecular formula is C32H29N2P. The lowest BCUT2D eigenvalue weighted by Crippen LogP contribution is -2.56. The normalized spacial score (nSPS) is 27.1. The summed E-state index contributed by atoms with van der Waals surface area (Å²) in [7, 11) is -0.627. The van der Waals surface area contributed by atoms with Gasteiger partial charge in [-0.1, -0.05) is 80.4 Å². The first-order valence-electron chi connectivity index (χ1n) is 12.9. The molecular weight excluding hydrogens is 443 g/mol. The summed E-state index contributed by atoms with van der Waals surface area (Å²) in [4.78, 5) is 5.31. The zero-order chi connectivity index (χ0) is 23.4. The monoisotopic (exact) mass is 472 g/mol. The van der Waals surface area contributed by atoms with Gasteiger partial charge in [-0.2, -0.15) is 0 Å². The van der Waals surface area contributed by atoms with E-state index in [-0.39, 0.29) is 11.0 Å². The van der Waals surface area contributed by atoms with Crippen molar-refractivity contribution < 1.29 is 0 Å². The summed E-state index contributed by atoms with van der Waals surface area (Å²) < 4.78 is 0. The number of anilines is 5. The molecule has 1 fully saturated rings. The van der Waals surface area contributed by atoms with Gasteiger partial charge in [-0.25, -0.2) is 0 Å². The highest BCUT2D eigenvalue weighted by Crippen LogP contribution is 2.66. The van der Waals surface area contributed by atoms with Gasteiger partial charge < -0.3 is 9.80 Å². The van der Waals surface area contributed by atoms with E-state index in [9.17, 15) is 0 Å². The molecule has 35 heavy (non-hydrogen) atoms. The number of hydrogen-bond donors (Lipinski definition) is 0. The van der Waals surface area contributed by atoms with Gasteiger partial charge in [0.1, 0.15) is 0 Å². The first kappa shape index (κ1) is 20.1. The summed E-state index contributed by atoms with van der Waals surface area (Å²) >= 11 is 0. The molecule has 172 valence electrons. The van der Waals surface area contributed by atoms with Crippen molar-refractivity contribution in [1.29, 1.82) is 0 Å². The van der Waals surface area contributed by atoms with Crippen molar-refractivity contribution in [1.82, 2.24) is 0 Å². The summed E-state index contributed by atoms with van der Waals surface area (Å²) in [5, 5.41) is 4.56. The lowest BCUT2D eigenvalue weighted by atomic mass is 9.61. The molecule has 0 saturated heterocycles. The van der Waals surface area contributed by atoms with E-state index in [2.05, 4.69) is 115 Å². The molecule has 0 aromatic heterocycles. The lowest BCUT2D eigenvalue weighted by Gasteiger charge is -2.52. The van der Waals surface area contributed by atoms with Gasteiger partial charge in [-0.05, 0) is 63.6 Å². The van der Waals surface area contributed by atoms with Gasteiger partial charge in [-0.3, -0.25) is 0 Å². The van der Waals surface area contributed by atoms with Gasteiger partial charge in [0.05, 0.1) is 28.3 Å². The van der Waals surface area contributed by atoms with Gasteiger partial charge >= 0.3 is 0 Å². The third-order valence-corrected chi connectivity index (χ3v) is 12.0. The van der Waals surface area contributed by atoms with Crippen molar-refractivity contribution in [3.05, 3.63) is 96.6 Å². The summed E-state index contributed by atoms with van der Waals surface area (Å²) in [6.07, 6.45) is 5.16. The Morgan fingerprint density at radius 2 is 1.31 bits per heavy atom. The van der Waals surface area contributed by atoms with Crippen LogP contribution < -0.4 is 25.7 Å². The highest BCUT2D eigenvalue weighted by Gasteiger charge is 2.61. The molecule has 3 atom stereocenters. The summed E-state index contributed by atoms with van der Waals surface area (Å²) in [5.41, 5.74) is 8.75. The highest BCUT2D eigenvalue weighted by molar-refractivity contribution is 7.81. The molecule has 8 rings (SSSR count). The molecule has 3 aliphatic heterocycles. The zero-order valence-corrected chi connectivity index (χ0v) is 21.2. The molecule has 1 aliphatic carbocycles. The van der Waals surface area contributed by atoms with E-state index >= 15 is 0 Å². The first-order chi connectivity index (χ1) is 17.1. The predicted octanol–water partition coefficient (Wildman–Crippen LogP) is 7.28. The molecule has 3 unspecified atom stereocenters. The van der Waals surface area contributed by atoms with E-state index in [0.29, 0.717) is 0 Å². The molecule has 3 heteroatoms. The standard InChI is InChI=1S/C32H29N2P/c1-31-20-10-11-21-32(31,2)34-25-15-7-9-17-28(25)35-27-16-8-6-14-24(27)33(22-12-4-3-5-13-22)26-19-18-23(31)29(34)30(26)35/h3-9,12-19H,10-11,20-21H2,1-2H3. The van der Waals surface area contributed by atoms with Crippen molar-refractivity contribution in [3.8, 4) is 0 Å². The van der Waals surface area contributed by atoms with Crippen molar-refractivity contribution >= 4 is 52.3 Å². The Morgan fingerprint density at radius 1 is 0.657 bits per heavy atom. The van der Waals surface area contributed by atoms with Crippen LogP contribution in [0.3, 0.4) is 0 Å². The van der Waals surface area contributed by atoms with Crippen LogP contribution in [-0.2, 0) is 5.41 Å². The number of para-hydroxylation sites is 3. The van der Waals surface area contributed by atoms with Crippen LogP contribution in [0.25, 0.3) is 0 Å². The number of benzene rings is 4. The molecule has 2 nitrogen and oxygen atoms in total. The molecule has 1 saturated carbocycles. The van der Waals surface area contributed by atoms with E-state index in [4.69, 9.17) is 0 Å². The maximum absolute atomic E-state index is 2.80. The number of hydrogen-bond acceptors (Lipinski definition) is 2. The Bertz CT molecular complexity index is 1510.